The first-order valence-electron chi connectivity index (χ1n) is 6.62. The van der Waals surface area contributed by atoms with E-state index in [-0.39, 0.29) is 5.54 Å². The van der Waals surface area contributed by atoms with E-state index in [1.807, 2.05) is 5.51 Å². The molecule has 18 heavy (non-hydrogen) atoms. The lowest BCUT2D eigenvalue weighted by Crippen LogP contribution is -2.48. The molecule has 0 radical (unpaired) electrons. The molecular formula is C14H27N3S. The quantitative estimate of drug-likeness (QED) is 0.860. The topological polar surface area (TPSA) is 28.2 Å². The number of nitrogens with zero attached hydrogens (tertiary/aromatic N) is 2. The molecule has 1 aromatic heterocycles. The van der Waals surface area contributed by atoms with E-state index < -0.39 is 0 Å². The molecule has 1 N–H and O–H groups in total. The summed E-state index contributed by atoms with van der Waals surface area (Å²) >= 11 is 1.67. The number of rotatable bonds is 6. The van der Waals surface area contributed by atoms with Crippen molar-refractivity contribution in [2.24, 2.45) is 5.92 Å². The molecule has 0 fully saturated rings. The van der Waals surface area contributed by atoms with Crippen LogP contribution in [0.4, 0.5) is 0 Å². The third-order valence-corrected chi connectivity index (χ3v) is 3.71. The second-order valence-electron chi connectivity index (χ2n) is 6.34. The highest BCUT2D eigenvalue weighted by molar-refractivity contribution is 7.07. The first kappa shape index (κ1) is 15.6. The maximum absolute atomic E-state index is 4.36. The Morgan fingerprint density at radius 2 is 2.06 bits per heavy atom. The van der Waals surface area contributed by atoms with E-state index in [4.69, 9.17) is 0 Å². The normalized spacial score (nSPS) is 14.4. The molecule has 0 aliphatic rings. The van der Waals surface area contributed by atoms with Gasteiger partial charge in [-0.3, -0.25) is 4.90 Å². The van der Waals surface area contributed by atoms with Crippen molar-refractivity contribution in [1.29, 1.82) is 0 Å². The van der Waals surface area contributed by atoms with E-state index in [2.05, 4.69) is 62.2 Å². The van der Waals surface area contributed by atoms with Crippen molar-refractivity contribution in [2.75, 3.05) is 13.6 Å². The third-order valence-electron chi connectivity index (χ3n) is 3.07. The molecule has 0 bridgehead atoms. The van der Waals surface area contributed by atoms with Crippen LogP contribution < -0.4 is 5.32 Å². The Morgan fingerprint density at radius 3 is 2.50 bits per heavy atom. The molecule has 0 aliphatic heterocycles. The summed E-state index contributed by atoms with van der Waals surface area (Å²) in [7, 11) is 2.19. The third kappa shape index (κ3) is 5.46. The molecule has 3 nitrogen and oxygen atoms in total. The van der Waals surface area contributed by atoms with E-state index in [1.54, 1.807) is 11.3 Å². The number of hydrogen-bond acceptors (Lipinski definition) is 4. The highest BCUT2D eigenvalue weighted by Crippen LogP contribution is 2.13. The average Bonchev–Trinajstić information content (AvgIpc) is 2.67. The smallest absolute Gasteiger partial charge is 0.0795 e. The van der Waals surface area contributed by atoms with Crippen LogP contribution in [0, 0.1) is 5.92 Å². The van der Waals surface area contributed by atoms with Gasteiger partial charge in [0, 0.05) is 30.1 Å². The summed E-state index contributed by atoms with van der Waals surface area (Å²) in [4.78, 5) is 6.76. The van der Waals surface area contributed by atoms with Crippen LogP contribution in [-0.4, -0.2) is 35.1 Å². The summed E-state index contributed by atoms with van der Waals surface area (Å²) in [5.41, 5.74) is 3.25. The van der Waals surface area contributed by atoms with Crippen LogP contribution in [0.3, 0.4) is 0 Å². The lowest BCUT2D eigenvalue weighted by Gasteiger charge is -2.33. The molecule has 0 saturated carbocycles. The van der Waals surface area contributed by atoms with Gasteiger partial charge in [0.2, 0.25) is 0 Å². The Balaban J connectivity index is 2.55. The van der Waals surface area contributed by atoms with Crippen LogP contribution in [0.15, 0.2) is 10.9 Å². The Hall–Kier alpha value is -0.450. The minimum Gasteiger partial charge on any atom is -0.311 e. The van der Waals surface area contributed by atoms with Crippen molar-refractivity contribution in [3.05, 3.63) is 16.6 Å². The summed E-state index contributed by atoms with van der Waals surface area (Å²) in [5.74, 6) is 0.628. The van der Waals surface area contributed by atoms with Gasteiger partial charge >= 0.3 is 0 Å². The SMILES string of the molecule is CC(C)C(CNC(C)(C)C)N(C)Cc1cscn1. The van der Waals surface area contributed by atoms with Gasteiger partial charge in [-0.25, -0.2) is 4.98 Å². The predicted octanol–water partition coefficient (Wildman–Crippen LogP) is 2.99. The molecule has 1 unspecified atom stereocenters. The maximum Gasteiger partial charge on any atom is 0.0795 e. The minimum absolute atomic E-state index is 0.175. The zero-order valence-electron chi connectivity index (χ0n) is 12.5. The van der Waals surface area contributed by atoms with E-state index in [0.29, 0.717) is 12.0 Å². The van der Waals surface area contributed by atoms with Gasteiger partial charge in [0.25, 0.3) is 0 Å². The Labute approximate surface area is 116 Å². The van der Waals surface area contributed by atoms with Gasteiger partial charge in [0.15, 0.2) is 0 Å². The first-order valence-corrected chi connectivity index (χ1v) is 7.56. The van der Waals surface area contributed by atoms with Gasteiger partial charge in [-0.2, -0.15) is 0 Å². The standard InChI is InChI=1S/C14H27N3S/c1-11(2)13(7-16-14(3,4)5)17(6)8-12-9-18-10-15-12/h9-11,13,16H,7-8H2,1-6H3. The molecule has 104 valence electrons. The van der Waals surface area contributed by atoms with E-state index in [0.717, 1.165) is 13.1 Å². The number of likely N-dealkylation sites (N-methyl/N-ethyl adjacent to an activating group) is 1. The van der Waals surface area contributed by atoms with Gasteiger partial charge in [-0.05, 0) is 33.7 Å². The second-order valence-corrected chi connectivity index (χ2v) is 7.06. The van der Waals surface area contributed by atoms with Gasteiger partial charge in [-0.1, -0.05) is 13.8 Å². The van der Waals surface area contributed by atoms with Gasteiger partial charge in [0.05, 0.1) is 11.2 Å². The fourth-order valence-corrected chi connectivity index (χ4v) is 2.55. The first-order chi connectivity index (χ1) is 8.29. The van der Waals surface area contributed by atoms with Crippen molar-refractivity contribution in [1.82, 2.24) is 15.2 Å². The fraction of sp³-hybridized carbons (Fsp3) is 0.786. The van der Waals surface area contributed by atoms with Crippen LogP contribution in [0.25, 0.3) is 0 Å². The molecule has 0 saturated heterocycles. The monoisotopic (exact) mass is 269 g/mol. The molecule has 4 heteroatoms. The van der Waals surface area contributed by atoms with Gasteiger partial charge in [-0.15, -0.1) is 11.3 Å². The summed E-state index contributed by atoms with van der Waals surface area (Å²) in [6.45, 7) is 13.2. The summed E-state index contributed by atoms with van der Waals surface area (Å²) in [6.07, 6.45) is 0. The number of aromatic nitrogens is 1. The Bertz CT molecular complexity index is 327. The van der Waals surface area contributed by atoms with E-state index in [9.17, 15) is 0 Å². The predicted molar refractivity (Wildman–Crippen MR) is 80.0 cm³/mol. The average molecular weight is 269 g/mol. The maximum atomic E-state index is 4.36. The summed E-state index contributed by atoms with van der Waals surface area (Å²) in [5, 5.41) is 5.73. The van der Waals surface area contributed by atoms with Crippen LogP contribution in [0.5, 0.6) is 0 Å². The molecule has 0 amide bonds. The van der Waals surface area contributed by atoms with Crippen LogP contribution in [0.1, 0.15) is 40.3 Å². The van der Waals surface area contributed by atoms with E-state index in [1.165, 1.54) is 5.69 Å². The number of thiazole rings is 1. The number of nitrogens with one attached hydrogen (secondary N) is 1. The molecule has 1 aromatic rings. The Morgan fingerprint density at radius 1 is 1.39 bits per heavy atom. The Kier molecular flexibility index (Phi) is 5.76. The number of hydrogen-bond donors (Lipinski definition) is 1. The summed E-state index contributed by atoms with van der Waals surface area (Å²) in [6, 6.07) is 0.533. The molecule has 0 spiro atoms. The molecule has 0 aromatic carbocycles. The molecular weight excluding hydrogens is 242 g/mol. The van der Waals surface area contributed by atoms with Crippen molar-refractivity contribution < 1.29 is 0 Å². The van der Waals surface area contributed by atoms with Crippen molar-refractivity contribution in [3.8, 4) is 0 Å². The largest absolute Gasteiger partial charge is 0.311 e. The molecule has 1 atom stereocenters. The van der Waals surface area contributed by atoms with Crippen LogP contribution in [0.2, 0.25) is 0 Å². The molecule has 1 rings (SSSR count). The lowest BCUT2D eigenvalue weighted by atomic mass is 10.0. The highest BCUT2D eigenvalue weighted by Gasteiger charge is 2.21. The summed E-state index contributed by atoms with van der Waals surface area (Å²) < 4.78 is 0. The molecule has 0 aliphatic carbocycles. The minimum atomic E-state index is 0.175. The van der Waals surface area contributed by atoms with Crippen molar-refractivity contribution in [3.63, 3.8) is 0 Å². The lowest BCUT2D eigenvalue weighted by molar-refractivity contribution is 0.168. The zero-order chi connectivity index (χ0) is 13.8. The van der Waals surface area contributed by atoms with Gasteiger partial charge in [0.1, 0.15) is 0 Å². The van der Waals surface area contributed by atoms with Crippen LogP contribution >= 0.6 is 11.3 Å². The second kappa shape index (κ2) is 6.64. The highest BCUT2D eigenvalue weighted by atomic mass is 32.1. The zero-order valence-corrected chi connectivity index (χ0v) is 13.3. The fourth-order valence-electron chi connectivity index (χ4n) is 2.00. The van der Waals surface area contributed by atoms with Crippen LogP contribution in [-0.2, 0) is 6.54 Å². The molecule has 1 heterocycles. The van der Waals surface area contributed by atoms with Crippen molar-refractivity contribution in [2.45, 2.75) is 52.7 Å². The van der Waals surface area contributed by atoms with E-state index >= 15 is 0 Å². The van der Waals surface area contributed by atoms with Gasteiger partial charge < -0.3 is 5.32 Å². The van der Waals surface area contributed by atoms with Crippen molar-refractivity contribution >= 4 is 11.3 Å².